The van der Waals surface area contributed by atoms with Crippen molar-refractivity contribution < 1.29 is 4.42 Å². The van der Waals surface area contributed by atoms with Gasteiger partial charge in [-0.05, 0) is 59.0 Å². The van der Waals surface area contributed by atoms with Crippen molar-refractivity contribution in [1.82, 2.24) is 0 Å². The van der Waals surface area contributed by atoms with E-state index in [0.29, 0.717) is 0 Å². The van der Waals surface area contributed by atoms with Gasteiger partial charge in [0.2, 0.25) is 0 Å². The molecule has 5 aromatic rings. The molecule has 0 aliphatic rings. The van der Waals surface area contributed by atoms with Crippen LogP contribution in [-0.2, 0) is 0 Å². The van der Waals surface area contributed by atoms with E-state index < -0.39 is 0 Å². The van der Waals surface area contributed by atoms with Gasteiger partial charge in [0.15, 0.2) is 0 Å². The van der Waals surface area contributed by atoms with E-state index in [2.05, 4.69) is 85.8 Å². The van der Waals surface area contributed by atoms with Crippen molar-refractivity contribution >= 4 is 21.9 Å². The van der Waals surface area contributed by atoms with Crippen molar-refractivity contribution in [3.05, 3.63) is 96.6 Å². The van der Waals surface area contributed by atoms with E-state index in [-0.39, 0.29) is 0 Å². The number of para-hydroxylation sites is 1. The molecule has 0 fully saturated rings. The Morgan fingerprint density at radius 2 is 1.27 bits per heavy atom. The number of hydrogen-bond acceptors (Lipinski definition) is 1. The maximum atomic E-state index is 5.97. The largest absolute Gasteiger partial charge is 0.456 e. The summed E-state index contributed by atoms with van der Waals surface area (Å²) < 4.78 is 5.97. The maximum absolute atomic E-state index is 5.97. The van der Waals surface area contributed by atoms with Gasteiger partial charge in [-0.1, -0.05) is 66.7 Å². The first-order valence-electron chi connectivity index (χ1n) is 8.87. The van der Waals surface area contributed by atoms with E-state index in [1.54, 1.807) is 0 Å². The standard InChI is InChI=1S/C25H18O/c1-17-11-12-19(18-7-3-2-4-8-18)15-22(17)20-13-14-25-23(16-20)21-9-5-6-10-24(21)26-25/h2-16H,1H3. The molecule has 0 amide bonds. The third kappa shape index (κ3) is 2.41. The second-order valence-corrected chi connectivity index (χ2v) is 6.70. The van der Waals surface area contributed by atoms with Gasteiger partial charge in [0, 0.05) is 10.8 Å². The Morgan fingerprint density at radius 1 is 0.538 bits per heavy atom. The summed E-state index contributed by atoms with van der Waals surface area (Å²) in [5.41, 5.74) is 8.11. The molecule has 4 aromatic carbocycles. The molecule has 1 nitrogen and oxygen atoms in total. The Hall–Kier alpha value is -3.32. The number of hydrogen-bond donors (Lipinski definition) is 0. The fourth-order valence-corrected chi connectivity index (χ4v) is 3.64. The maximum Gasteiger partial charge on any atom is 0.135 e. The van der Waals surface area contributed by atoms with E-state index in [1.807, 2.05) is 12.1 Å². The number of aryl methyl sites for hydroxylation is 1. The van der Waals surface area contributed by atoms with Crippen molar-refractivity contribution in [2.24, 2.45) is 0 Å². The van der Waals surface area contributed by atoms with Gasteiger partial charge < -0.3 is 4.42 Å². The molecule has 0 N–H and O–H groups in total. The van der Waals surface area contributed by atoms with Crippen molar-refractivity contribution in [2.45, 2.75) is 6.92 Å². The average Bonchev–Trinajstić information content (AvgIpc) is 3.07. The molecule has 0 spiro atoms. The first-order chi connectivity index (χ1) is 12.8. The SMILES string of the molecule is Cc1ccc(-c2ccccc2)cc1-c1ccc2oc3ccccc3c2c1. The minimum Gasteiger partial charge on any atom is -0.456 e. The van der Waals surface area contributed by atoms with Crippen LogP contribution in [0.15, 0.2) is 95.4 Å². The van der Waals surface area contributed by atoms with Gasteiger partial charge in [0.1, 0.15) is 11.2 Å². The van der Waals surface area contributed by atoms with Crippen molar-refractivity contribution in [3.63, 3.8) is 0 Å². The molecule has 0 unspecified atom stereocenters. The van der Waals surface area contributed by atoms with Crippen LogP contribution in [0.5, 0.6) is 0 Å². The van der Waals surface area contributed by atoms with Crippen LogP contribution >= 0.6 is 0 Å². The van der Waals surface area contributed by atoms with Crippen LogP contribution in [0, 0.1) is 6.92 Å². The van der Waals surface area contributed by atoms with Gasteiger partial charge in [0.05, 0.1) is 0 Å². The molecule has 124 valence electrons. The summed E-state index contributed by atoms with van der Waals surface area (Å²) >= 11 is 0. The van der Waals surface area contributed by atoms with E-state index >= 15 is 0 Å². The van der Waals surface area contributed by atoms with Crippen LogP contribution in [0.1, 0.15) is 5.56 Å². The number of rotatable bonds is 2. The summed E-state index contributed by atoms with van der Waals surface area (Å²) in [6.45, 7) is 2.17. The van der Waals surface area contributed by atoms with E-state index in [1.165, 1.54) is 38.6 Å². The van der Waals surface area contributed by atoms with Crippen LogP contribution in [0.25, 0.3) is 44.2 Å². The summed E-state index contributed by atoms with van der Waals surface area (Å²) in [6.07, 6.45) is 0. The lowest BCUT2D eigenvalue weighted by Crippen LogP contribution is -1.86. The Bertz CT molecular complexity index is 1230. The van der Waals surface area contributed by atoms with Gasteiger partial charge >= 0.3 is 0 Å². The van der Waals surface area contributed by atoms with E-state index in [0.717, 1.165) is 11.2 Å². The second kappa shape index (κ2) is 5.89. The Balaban J connectivity index is 1.71. The van der Waals surface area contributed by atoms with Crippen LogP contribution in [0.3, 0.4) is 0 Å². The van der Waals surface area contributed by atoms with Gasteiger partial charge in [-0.2, -0.15) is 0 Å². The van der Waals surface area contributed by atoms with Crippen molar-refractivity contribution in [3.8, 4) is 22.3 Å². The highest BCUT2D eigenvalue weighted by Gasteiger charge is 2.10. The summed E-state index contributed by atoms with van der Waals surface area (Å²) in [6, 6.07) is 31.9. The first-order valence-corrected chi connectivity index (χ1v) is 8.87. The quantitative estimate of drug-likeness (QED) is 0.332. The summed E-state index contributed by atoms with van der Waals surface area (Å²) in [5.74, 6) is 0. The molecular weight excluding hydrogens is 316 g/mol. The lowest BCUT2D eigenvalue weighted by Gasteiger charge is -2.10. The monoisotopic (exact) mass is 334 g/mol. The zero-order valence-corrected chi connectivity index (χ0v) is 14.6. The van der Waals surface area contributed by atoms with Gasteiger partial charge in [-0.3, -0.25) is 0 Å². The van der Waals surface area contributed by atoms with Gasteiger partial charge in [0.25, 0.3) is 0 Å². The molecule has 0 saturated heterocycles. The fraction of sp³-hybridized carbons (Fsp3) is 0.0400. The highest BCUT2D eigenvalue weighted by atomic mass is 16.3. The molecule has 0 bridgehead atoms. The predicted octanol–water partition coefficient (Wildman–Crippen LogP) is 7.23. The molecule has 5 rings (SSSR count). The minimum absolute atomic E-state index is 0.937. The summed E-state index contributed by atoms with van der Waals surface area (Å²) in [4.78, 5) is 0. The normalized spacial score (nSPS) is 11.3. The van der Waals surface area contributed by atoms with Crippen molar-refractivity contribution in [2.75, 3.05) is 0 Å². The lowest BCUT2D eigenvalue weighted by atomic mass is 9.94. The summed E-state index contributed by atoms with van der Waals surface area (Å²) in [5, 5.41) is 2.34. The average molecular weight is 334 g/mol. The molecule has 0 radical (unpaired) electrons. The number of fused-ring (bicyclic) bond motifs is 3. The second-order valence-electron chi connectivity index (χ2n) is 6.70. The topological polar surface area (TPSA) is 13.1 Å². The third-order valence-corrected chi connectivity index (χ3v) is 5.03. The van der Waals surface area contributed by atoms with Crippen molar-refractivity contribution in [1.29, 1.82) is 0 Å². The molecule has 0 aliphatic heterocycles. The molecule has 0 atom stereocenters. The van der Waals surface area contributed by atoms with Crippen LogP contribution in [0.4, 0.5) is 0 Å². The third-order valence-electron chi connectivity index (χ3n) is 5.03. The molecule has 1 heteroatoms. The lowest BCUT2D eigenvalue weighted by molar-refractivity contribution is 0.669. The van der Waals surface area contributed by atoms with Crippen LogP contribution < -0.4 is 0 Å². The Labute approximate surface area is 152 Å². The molecule has 26 heavy (non-hydrogen) atoms. The van der Waals surface area contributed by atoms with Gasteiger partial charge in [-0.25, -0.2) is 0 Å². The van der Waals surface area contributed by atoms with E-state index in [4.69, 9.17) is 4.42 Å². The minimum atomic E-state index is 0.937. The van der Waals surface area contributed by atoms with Gasteiger partial charge in [-0.15, -0.1) is 0 Å². The van der Waals surface area contributed by atoms with E-state index in [9.17, 15) is 0 Å². The smallest absolute Gasteiger partial charge is 0.135 e. The predicted molar refractivity (Wildman–Crippen MR) is 109 cm³/mol. The van der Waals surface area contributed by atoms with Crippen LogP contribution in [0.2, 0.25) is 0 Å². The fourth-order valence-electron chi connectivity index (χ4n) is 3.64. The molecule has 0 aliphatic carbocycles. The number of benzene rings is 4. The van der Waals surface area contributed by atoms with Crippen LogP contribution in [-0.4, -0.2) is 0 Å². The Kier molecular flexibility index (Phi) is 3.39. The zero-order valence-electron chi connectivity index (χ0n) is 14.6. The zero-order chi connectivity index (χ0) is 17.5. The molecule has 1 aromatic heterocycles. The molecule has 0 saturated carbocycles. The molecule has 1 heterocycles. The molecular formula is C25H18O. The highest BCUT2D eigenvalue weighted by Crippen LogP contribution is 2.34. The first kappa shape index (κ1) is 15.0. The highest BCUT2D eigenvalue weighted by molar-refractivity contribution is 6.06. The summed E-state index contributed by atoms with van der Waals surface area (Å²) in [7, 11) is 0. The number of furan rings is 1. The Morgan fingerprint density at radius 3 is 2.15 bits per heavy atom.